The molecule has 0 aliphatic carbocycles. The topological polar surface area (TPSA) is 39.4 Å². The SMILES string of the molecule is O=c1oc2cc(OCc3ccccc3F)ccc2c2ccccc12. The standard InChI is InChI=1S/C20H13FO3/c21-18-8-4-1-5-13(18)12-23-14-9-10-16-15-6-2-3-7-17(15)20(22)24-19(16)11-14/h1-11H,12H2. The van der Waals surface area contributed by atoms with Crippen LogP contribution in [0.4, 0.5) is 4.39 Å². The van der Waals surface area contributed by atoms with E-state index in [1.807, 2.05) is 18.2 Å². The molecule has 0 saturated heterocycles. The lowest BCUT2D eigenvalue weighted by Gasteiger charge is -2.08. The molecule has 0 amide bonds. The number of benzene rings is 3. The first-order valence-corrected chi connectivity index (χ1v) is 7.54. The van der Waals surface area contributed by atoms with Crippen molar-refractivity contribution >= 4 is 21.7 Å². The van der Waals surface area contributed by atoms with Crippen molar-refractivity contribution in [3.05, 3.63) is 88.5 Å². The minimum Gasteiger partial charge on any atom is -0.489 e. The van der Waals surface area contributed by atoms with E-state index in [2.05, 4.69) is 0 Å². The predicted octanol–water partition coefficient (Wildman–Crippen LogP) is 4.66. The van der Waals surface area contributed by atoms with Gasteiger partial charge in [0.05, 0.1) is 5.39 Å². The van der Waals surface area contributed by atoms with Crippen molar-refractivity contribution in [3.63, 3.8) is 0 Å². The van der Waals surface area contributed by atoms with Crippen LogP contribution in [0.1, 0.15) is 5.56 Å². The maximum Gasteiger partial charge on any atom is 0.344 e. The summed E-state index contributed by atoms with van der Waals surface area (Å²) in [7, 11) is 0. The summed E-state index contributed by atoms with van der Waals surface area (Å²) < 4.78 is 24.6. The van der Waals surface area contributed by atoms with Gasteiger partial charge in [0.25, 0.3) is 0 Å². The fourth-order valence-corrected chi connectivity index (χ4v) is 2.73. The van der Waals surface area contributed by atoms with Gasteiger partial charge in [-0.2, -0.15) is 0 Å². The second-order valence-corrected chi connectivity index (χ2v) is 5.47. The van der Waals surface area contributed by atoms with Gasteiger partial charge in [0.15, 0.2) is 0 Å². The summed E-state index contributed by atoms with van der Waals surface area (Å²) in [5.41, 5.74) is 0.534. The van der Waals surface area contributed by atoms with Gasteiger partial charge in [0.1, 0.15) is 23.8 Å². The van der Waals surface area contributed by atoms with Gasteiger partial charge in [0.2, 0.25) is 0 Å². The summed E-state index contributed by atoms with van der Waals surface area (Å²) >= 11 is 0. The van der Waals surface area contributed by atoms with Crippen LogP contribution in [0.3, 0.4) is 0 Å². The lowest BCUT2D eigenvalue weighted by molar-refractivity contribution is 0.300. The molecule has 0 saturated carbocycles. The maximum atomic E-state index is 13.6. The molecule has 0 unspecified atom stereocenters. The van der Waals surface area contributed by atoms with Gasteiger partial charge in [-0.25, -0.2) is 9.18 Å². The molecule has 3 nitrogen and oxygen atoms in total. The summed E-state index contributed by atoms with van der Waals surface area (Å²) in [4.78, 5) is 12.1. The van der Waals surface area contributed by atoms with Crippen LogP contribution in [0.15, 0.2) is 75.9 Å². The van der Waals surface area contributed by atoms with Crippen molar-refractivity contribution in [1.82, 2.24) is 0 Å². The number of rotatable bonds is 3. The van der Waals surface area contributed by atoms with E-state index in [1.54, 1.807) is 42.5 Å². The highest BCUT2D eigenvalue weighted by molar-refractivity contribution is 6.04. The molecule has 0 aliphatic heterocycles. The van der Waals surface area contributed by atoms with Crippen LogP contribution < -0.4 is 10.4 Å². The molecule has 0 fully saturated rings. The molecule has 0 aliphatic rings. The lowest BCUT2D eigenvalue weighted by atomic mass is 10.1. The molecule has 4 aromatic rings. The van der Waals surface area contributed by atoms with Crippen LogP contribution in [-0.4, -0.2) is 0 Å². The molecule has 0 spiro atoms. The van der Waals surface area contributed by atoms with Crippen LogP contribution >= 0.6 is 0 Å². The largest absolute Gasteiger partial charge is 0.489 e. The highest BCUT2D eigenvalue weighted by Crippen LogP contribution is 2.26. The second kappa shape index (κ2) is 5.81. The molecule has 0 bridgehead atoms. The van der Waals surface area contributed by atoms with Crippen LogP contribution in [0.5, 0.6) is 5.75 Å². The Labute approximate surface area is 136 Å². The van der Waals surface area contributed by atoms with Crippen molar-refractivity contribution in [1.29, 1.82) is 0 Å². The van der Waals surface area contributed by atoms with Crippen LogP contribution in [0, 0.1) is 5.82 Å². The van der Waals surface area contributed by atoms with E-state index >= 15 is 0 Å². The van der Waals surface area contributed by atoms with E-state index in [1.165, 1.54) is 6.07 Å². The van der Waals surface area contributed by atoms with Crippen molar-refractivity contribution in [3.8, 4) is 5.75 Å². The van der Waals surface area contributed by atoms with E-state index in [4.69, 9.17) is 9.15 Å². The normalized spacial score (nSPS) is 11.0. The molecule has 0 N–H and O–H groups in total. The van der Waals surface area contributed by atoms with Crippen LogP contribution in [0.25, 0.3) is 21.7 Å². The van der Waals surface area contributed by atoms with E-state index in [9.17, 15) is 9.18 Å². The zero-order valence-corrected chi connectivity index (χ0v) is 12.7. The number of ether oxygens (including phenoxy) is 1. The van der Waals surface area contributed by atoms with E-state index < -0.39 is 0 Å². The quantitative estimate of drug-likeness (QED) is 0.407. The molecular formula is C20H13FO3. The summed E-state index contributed by atoms with van der Waals surface area (Å²) in [5.74, 6) is 0.208. The lowest BCUT2D eigenvalue weighted by Crippen LogP contribution is -2.01. The van der Waals surface area contributed by atoms with E-state index in [-0.39, 0.29) is 18.0 Å². The minimum atomic E-state index is -0.385. The first-order valence-electron chi connectivity index (χ1n) is 7.54. The Morgan fingerprint density at radius 1 is 0.875 bits per heavy atom. The molecule has 0 radical (unpaired) electrons. The fraction of sp³-hybridized carbons (Fsp3) is 0.0500. The Bertz CT molecular complexity index is 1100. The Morgan fingerprint density at radius 3 is 2.46 bits per heavy atom. The van der Waals surface area contributed by atoms with Gasteiger partial charge in [-0.1, -0.05) is 36.4 Å². The van der Waals surface area contributed by atoms with E-state index in [0.717, 1.165) is 10.8 Å². The average molecular weight is 320 g/mol. The van der Waals surface area contributed by atoms with Gasteiger partial charge in [-0.15, -0.1) is 0 Å². The third-order valence-electron chi connectivity index (χ3n) is 3.95. The van der Waals surface area contributed by atoms with Crippen molar-refractivity contribution in [2.45, 2.75) is 6.61 Å². The highest BCUT2D eigenvalue weighted by Gasteiger charge is 2.08. The molecule has 4 heteroatoms. The summed E-state index contributed by atoms with van der Waals surface area (Å²) in [6, 6.07) is 19.0. The summed E-state index contributed by atoms with van der Waals surface area (Å²) in [5, 5.41) is 2.22. The van der Waals surface area contributed by atoms with Gasteiger partial charge >= 0.3 is 5.63 Å². The zero-order chi connectivity index (χ0) is 16.5. The van der Waals surface area contributed by atoms with Crippen LogP contribution in [0.2, 0.25) is 0 Å². The first kappa shape index (κ1) is 14.5. The maximum absolute atomic E-state index is 13.6. The average Bonchev–Trinajstić information content (AvgIpc) is 2.61. The number of fused-ring (bicyclic) bond motifs is 3. The molecule has 118 valence electrons. The van der Waals surface area contributed by atoms with Crippen molar-refractivity contribution < 1.29 is 13.5 Å². The minimum absolute atomic E-state index is 0.107. The van der Waals surface area contributed by atoms with Crippen LogP contribution in [-0.2, 0) is 6.61 Å². The molecule has 3 aromatic carbocycles. The molecular weight excluding hydrogens is 307 g/mol. The Morgan fingerprint density at radius 2 is 1.62 bits per heavy atom. The molecule has 1 aromatic heterocycles. The fourth-order valence-electron chi connectivity index (χ4n) is 2.73. The highest BCUT2D eigenvalue weighted by atomic mass is 19.1. The van der Waals surface area contributed by atoms with Gasteiger partial charge < -0.3 is 9.15 Å². The van der Waals surface area contributed by atoms with Gasteiger partial charge in [0, 0.05) is 17.0 Å². The Hall–Kier alpha value is -3.14. The molecule has 0 atom stereocenters. The Kier molecular flexibility index (Phi) is 3.50. The summed E-state index contributed by atoms with van der Waals surface area (Å²) in [6.45, 7) is 0.107. The first-order chi connectivity index (χ1) is 11.7. The summed E-state index contributed by atoms with van der Waals surface area (Å²) in [6.07, 6.45) is 0. The third kappa shape index (κ3) is 2.52. The van der Waals surface area contributed by atoms with Crippen molar-refractivity contribution in [2.24, 2.45) is 0 Å². The van der Waals surface area contributed by atoms with Gasteiger partial charge in [-0.05, 0) is 29.7 Å². The molecule has 1 heterocycles. The van der Waals surface area contributed by atoms with Crippen molar-refractivity contribution in [2.75, 3.05) is 0 Å². The van der Waals surface area contributed by atoms with Gasteiger partial charge in [-0.3, -0.25) is 0 Å². The monoisotopic (exact) mass is 320 g/mol. The zero-order valence-electron chi connectivity index (χ0n) is 12.7. The van der Waals surface area contributed by atoms with E-state index in [0.29, 0.717) is 22.3 Å². The smallest absolute Gasteiger partial charge is 0.344 e. The predicted molar refractivity (Wildman–Crippen MR) is 90.7 cm³/mol. The second-order valence-electron chi connectivity index (χ2n) is 5.47. The number of halogens is 1. The molecule has 24 heavy (non-hydrogen) atoms. The number of hydrogen-bond donors (Lipinski definition) is 0. The Balaban J connectivity index is 1.72. The number of hydrogen-bond acceptors (Lipinski definition) is 3. The third-order valence-corrected chi connectivity index (χ3v) is 3.95. The molecule has 4 rings (SSSR count).